The van der Waals surface area contributed by atoms with Crippen molar-refractivity contribution in [3.63, 3.8) is 0 Å². The number of nitrogens with one attached hydrogen (secondary N) is 1. The molecule has 7 nitrogen and oxygen atoms in total. The van der Waals surface area contributed by atoms with E-state index < -0.39 is 0 Å². The maximum Gasteiger partial charge on any atom is 0.242 e. The highest BCUT2D eigenvalue weighted by Crippen LogP contribution is 2.35. The van der Waals surface area contributed by atoms with E-state index in [1.165, 1.54) is 12.1 Å². The van der Waals surface area contributed by atoms with Crippen molar-refractivity contribution in [2.75, 3.05) is 26.9 Å². The predicted octanol–water partition coefficient (Wildman–Crippen LogP) is 3.53. The predicted molar refractivity (Wildman–Crippen MR) is 124 cm³/mol. The van der Waals surface area contributed by atoms with E-state index in [0.29, 0.717) is 38.5 Å². The van der Waals surface area contributed by atoms with E-state index in [0.717, 1.165) is 46.3 Å². The van der Waals surface area contributed by atoms with Gasteiger partial charge in [0.25, 0.3) is 0 Å². The molecule has 2 aromatic heterocycles. The molecule has 33 heavy (non-hydrogen) atoms. The highest BCUT2D eigenvalue weighted by atomic mass is 19.1. The highest BCUT2D eigenvalue weighted by molar-refractivity contribution is 5.86. The molecule has 4 rings (SSSR count). The standard InChI is InChI=1S/C25H31FN4O3/c1-16-20(17(2)28-23-22(16)24(32-4)29-30(23)3)9-10-21(31)27-15-25(11-13-33-14-12-25)18-5-7-19(26)8-6-18/h5-8H,9-15H2,1-4H3,(H,27,31). The molecule has 1 saturated heterocycles. The first-order valence-corrected chi connectivity index (χ1v) is 11.3. The highest BCUT2D eigenvalue weighted by Gasteiger charge is 2.35. The molecule has 0 saturated carbocycles. The Morgan fingerprint density at radius 1 is 1.24 bits per heavy atom. The minimum absolute atomic E-state index is 0.0139. The van der Waals surface area contributed by atoms with Crippen LogP contribution in [0.1, 0.15) is 41.6 Å². The van der Waals surface area contributed by atoms with Crippen LogP contribution >= 0.6 is 0 Å². The van der Waals surface area contributed by atoms with Gasteiger partial charge in [-0.1, -0.05) is 12.1 Å². The first kappa shape index (κ1) is 23.2. The lowest BCUT2D eigenvalue weighted by Crippen LogP contribution is -2.44. The summed E-state index contributed by atoms with van der Waals surface area (Å²) in [6.07, 6.45) is 2.52. The van der Waals surface area contributed by atoms with Crippen LogP contribution in [0.3, 0.4) is 0 Å². The monoisotopic (exact) mass is 454 g/mol. The third-order valence-corrected chi connectivity index (χ3v) is 6.85. The zero-order valence-electron chi connectivity index (χ0n) is 19.7. The van der Waals surface area contributed by atoms with E-state index in [4.69, 9.17) is 14.5 Å². The molecule has 3 heterocycles. The number of halogens is 1. The number of carbonyl (C=O) groups excluding carboxylic acids is 1. The van der Waals surface area contributed by atoms with Crippen molar-refractivity contribution in [2.45, 2.75) is 44.9 Å². The molecule has 1 aliphatic heterocycles. The molecule has 8 heteroatoms. The molecule has 1 amide bonds. The number of nitrogens with zero attached hydrogens (tertiary/aromatic N) is 3. The summed E-state index contributed by atoms with van der Waals surface area (Å²) < 4.78 is 26.2. The summed E-state index contributed by atoms with van der Waals surface area (Å²) >= 11 is 0. The molecule has 0 unspecified atom stereocenters. The van der Waals surface area contributed by atoms with E-state index in [-0.39, 0.29) is 17.1 Å². The van der Waals surface area contributed by atoms with Crippen LogP contribution in [-0.2, 0) is 28.4 Å². The Labute approximate surface area is 193 Å². The van der Waals surface area contributed by atoms with Crippen molar-refractivity contribution < 1.29 is 18.7 Å². The third-order valence-electron chi connectivity index (χ3n) is 6.85. The molecule has 0 radical (unpaired) electrons. The number of hydrogen-bond acceptors (Lipinski definition) is 5. The Hall–Kier alpha value is -3.00. The van der Waals surface area contributed by atoms with Gasteiger partial charge in [-0.3, -0.25) is 4.79 Å². The van der Waals surface area contributed by atoms with Crippen molar-refractivity contribution in [1.82, 2.24) is 20.1 Å². The molecule has 1 fully saturated rings. The summed E-state index contributed by atoms with van der Waals surface area (Å²) in [6.45, 7) is 5.76. The van der Waals surface area contributed by atoms with Gasteiger partial charge in [0, 0.05) is 44.3 Å². The van der Waals surface area contributed by atoms with Gasteiger partial charge in [0.2, 0.25) is 11.8 Å². The Morgan fingerprint density at radius 2 is 1.94 bits per heavy atom. The number of benzene rings is 1. The van der Waals surface area contributed by atoms with E-state index in [2.05, 4.69) is 10.4 Å². The zero-order valence-corrected chi connectivity index (χ0v) is 19.7. The number of amides is 1. The van der Waals surface area contributed by atoms with Crippen LogP contribution in [0.25, 0.3) is 11.0 Å². The van der Waals surface area contributed by atoms with Crippen LogP contribution in [0.15, 0.2) is 24.3 Å². The van der Waals surface area contributed by atoms with Crippen LogP contribution < -0.4 is 10.1 Å². The van der Waals surface area contributed by atoms with Crippen molar-refractivity contribution >= 4 is 16.9 Å². The van der Waals surface area contributed by atoms with Crippen LogP contribution in [0.4, 0.5) is 4.39 Å². The normalized spacial score (nSPS) is 15.5. The molecule has 3 aromatic rings. The summed E-state index contributed by atoms with van der Waals surface area (Å²) in [4.78, 5) is 17.5. The van der Waals surface area contributed by atoms with Crippen LogP contribution in [0.5, 0.6) is 5.88 Å². The van der Waals surface area contributed by atoms with Gasteiger partial charge in [-0.05, 0) is 61.9 Å². The van der Waals surface area contributed by atoms with Crippen LogP contribution in [0.2, 0.25) is 0 Å². The second kappa shape index (κ2) is 9.47. The minimum Gasteiger partial charge on any atom is -0.479 e. The minimum atomic E-state index is -0.258. The summed E-state index contributed by atoms with van der Waals surface area (Å²) in [5.74, 6) is 0.274. The molecule has 0 aliphatic carbocycles. The van der Waals surface area contributed by atoms with Gasteiger partial charge in [-0.25, -0.2) is 14.1 Å². The lowest BCUT2D eigenvalue weighted by molar-refractivity contribution is -0.121. The third kappa shape index (κ3) is 4.57. The Morgan fingerprint density at radius 3 is 2.61 bits per heavy atom. The molecule has 1 aromatic carbocycles. The Kier molecular flexibility index (Phi) is 6.65. The Bertz CT molecular complexity index is 1150. The summed E-state index contributed by atoms with van der Waals surface area (Å²) in [7, 11) is 3.44. The zero-order chi connectivity index (χ0) is 23.6. The maximum atomic E-state index is 13.5. The lowest BCUT2D eigenvalue weighted by atomic mass is 9.74. The van der Waals surface area contributed by atoms with Gasteiger partial charge in [-0.2, -0.15) is 0 Å². The smallest absolute Gasteiger partial charge is 0.242 e. The molecular weight excluding hydrogens is 423 g/mol. The van der Waals surface area contributed by atoms with Crippen molar-refractivity contribution in [1.29, 1.82) is 0 Å². The SMILES string of the molecule is COc1nn(C)c2nc(C)c(CCC(=O)NCC3(c4ccc(F)cc4)CCOCC3)c(C)c12. The first-order valence-electron chi connectivity index (χ1n) is 11.3. The average molecular weight is 455 g/mol. The molecule has 1 N–H and O–H groups in total. The van der Waals surface area contributed by atoms with Gasteiger partial charge in [0.05, 0.1) is 12.5 Å². The van der Waals surface area contributed by atoms with Gasteiger partial charge in [-0.15, -0.1) is 5.10 Å². The number of methoxy groups -OCH3 is 1. The number of ether oxygens (including phenoxy) is 2. The maximum absolute atomic E-state index is 13.5. The van der Waals surface area contributed by atoms with Gasteiger partial charge in [0.1, 0.15) is 5.82 Å². The van der Waals surface area contributed by atoms with Crippen LogP contribution in [-0.4, -0.2) is 47.5 Å². The average Bonchev–Trinajstić information content (AvgIpc) is 3.14. The fraction of sp³-hybridized carbons (Fsp3) is 0.480. The van der Waals surface area contributed by atoms with E-state index in [1.54, 1.807) is 11.8 Å². The van der Waals surface area contributed by atoms with Crippen LogP contribution in [0, 0.1) is 19.7 Å². The first-order chi connectivity index (χ1) is 15.8. The number of aromatic nitrogens is 3. The van der Waals surface area contributed by atoms with Gasteiger partial charge in [0.15, 0.2) is 5.65 Å². The van der Waals surface area contributed by atoms with E-state index in [9.17, 15) is 9.18 Å². The van der Waals surface area contributed by atoms with E-state index in [1.807, 2.05) is 33.0 Å². The number of aryl methyl sites for hydroxylation is 3. The van der Waals surface area contributed by atoms with Gasteiger partial charge >= 0.3 is 0 Å². The second-order valence-electron chi connectivity index (χ2n) is 8.81. The molecule has 0 atom stereocenters. The molecule has 176 valence electrons. The number of pyridine rings is 1. The fourth-order valence-electron chi connectivity index (χ4n) is 4.84. The molecule has 0 bridgehead atoms. The summed E-state index contributed by atoms with van der Waals surface area (Å²) in [6, 6.07) is 6.61. The second-order valence-corrected chi connectivity index (χ2v) is 8.81. The summed E-state index contributed by atoms with van der Waals surface area (Å²) in [5.41, 5.74) is 4.56. The quantitative estimate of drug-likeness (QED) is 0.591. The molecular formula is C25H31FN4O3. The number of rotatable bonds is 7. The van der Waals surface area contributed by atoms with Crippen molar-refractivity contribution in [2.24, 2.45) is 7.05 Å². The topological polar surface area (TPSA) is 78.3 Å². The van der Waals surface area contributed by atoms with Crippen molar-refractivity contribution in [3.05, 3.63) is 52.5 Å². The number of fused-ring (bicyclic) bond motifs is 1. The number of carbonyl (C=O) groups is 1. The lowest BCUT2D eigenvalue weighted by Gasteiger charge is -2.38. The summed E-state index contributed by atoms with van der Waals surface area (Å²) in [5, 5.41) is 8.41. The Balaban J connectivity index is 1.47. The molecule has 1 aliphatic rings. The fourth-order valence-corrected chi connectivity index (χ4v) is 4.84. The number of hydrogen-bond donors (Lipinski definition) is 1. The largest absolute Gasteiger partial charge is 0.479 e. The van der Waals surface area contributed by atoms with Gasteiger partial charge < -0.3 is 14.8 Å². The molecule has 0 spiro atoms. The van der Waals surface area contributed by atoms with Crippen molar-refractivity contribution in [3.8, 4) is 5.88 Å². The van der Waals surface area contributed by atoms with E-state index >= 15 is 0 Å².